The summed E-state index contributed by atoms with van der Waals surface area (Å²) in [6.45, 7) is 4.24. The number of guanidine groups is 1. The third kappa shape index (κ3) is 9.73. The summed E-state index contributed by atoms with van der Waals surface area (Å²) in [6.07, 6.45) is 10.9. The first-order chi connectivity index (χ1) is 12.7. The van der Waals surface area contributed by atoms with Crippen molar-refractivity contribution in [1.82, 2.24) is 20.9 Å². The largest absolute Gasteiger partial charge is 0.356 e. The molecule has 1 aliphatic carbocycles. The number of halogens is 1. The third-order valence-electron chi connectivity index (χ3n) is 4.74. The molecule has 1 amide bonds. The number of carbonyl (C=O) groups is 1. The highest BCUT2D eigenvalue weighted by atomic mass is 127. The van der Waals surface area contributed by atoms with E-state index in [9.17, 15) is 4.79 Å². The van der Waals surface area contributed by atoms with Crippen LogP contribution in [0.4, 0.5) is 0 Å². The summed E-state index contributed by atoms with van der Waals surface area (Å²) in [6, 6.07) is 0. The van der Waals surface area contributed by atoms with Crippen LogP contribution in [0.5, 0.6) is 0 Å². The van der Waals surface area contributed by atoms with Gasteiger partial charge in [0.25, 0.3) is 0 Å². The van der Waals surface area contributed by atoms with Crippen LogP contribution < -0.4 is 16.0 Å². The first-order valence-corrected chi connectivity index (χ1v) is 10.7. The number of aryl methyl sites for hydroxylation is 1. The Morgan fingerprint density at radius 1 is 1.19 bits per heavy atom. The standard InChI is InChI=1S/C19H33N5OS.HI/c1-3-16-14-24-18(26-16)9-10-22-19(20-2)23-12-11-21-17(25)13-15-7-5-4-6-8-15;/h14-15H,3-13H2,1-2H3,(H,21,25)(H2,20,22,23);1H. The topological polar surface area (TPSA) is 78.4 Å². The van der Waals surface area contributed by atoms with Crippen LogP contribution in [0, 0.1) is 5.92 Å². The highest BCUT2D eigenvalue weighted by Crippen LogP contribution is 2.25. The summed E-state index contributed by atoms with van der Waals surface area (Å²) in [5.41, 5.74) is 0. The smallest absolute Gasteiger partial charge is 0.220 e. The van der Waals surface area contributed by atoms with Gasteiger partial charge in [0.05, 0.1) is 5.01 Å². The summed E-state index contributed by atoms with van der Waals surface area (Å²) in [5.74, 6) is 1.53. The minimum absolute atomic E-state index is 0. The predicted molar refractivity (Wildman–Crippen MR) is 124 cm³/mol. The van der Waals surface area contributed by atoms with Crippen LogP contribution in [0.15, 0.2) is 11.2 Å². The number of nitrogens with one attached hydrogen (secondary N) is 3. The average molecular weight is 507 g/mol. The van der Waals surface area contributed by atoms with Crippen molar-refractivity contribution < 1.29 is 4.79 Å². The molecule has 0 atom stereocenters. The first-order valence-electron chi connectivity index (χ1n) is 9.86. The molecule has 0 bridgehead atoms. The molecule has 8 heteroatoms. The number of rotatable bonds is 9. The normalized spacial score (nSPS) is 15.1. The first kappa shape index (κ1) is 24.1. The van der Waals surface area contributed by atoms with Crippen molar-refractivity contribution in [1.29, 1.82) is 0 Å². The van der Waals surface area contributed by atoms with Crippen molar-refractivity contribution >= 4 is 47.2 Å². The van der Waals surface area contributed by atoms with Gasteiger partial charge < -0.3 is 16.0 Å². The summed E-state index contributed by atoms with van der Waals surface area (Å²) in [7, 11) is 1.76. The molecule has 0 spiro atoms. The molecule has 1 aromatic heterocycles. The maximum atomic E-state index is 12.0. The van der Waals surface area contributed by atoms with Gasteiger partial charge in [0.15, 0.2) is 5.96 Å². The molecule has 154 valence electrons. The zero-order valence-corrected chi connectivity index (χ0v) is 19.7. The summed E-state index contributed by atoms with van der Waals surface area (Å²) in [4.78, 5) is 22.0. The zero-order chi connectivity index (χ0) is 18.6. The lowest BCUT2D eigenvalue weighted by molar-refractivity contribution is -0.122. The molecule has 6 nitrogen and oxygen atoms in total. The van der Waals surface area contributed by atoms with Gasteiger partial charge in [0, 0.05) is 50.6 Å². The second-order valence-electron chi connectivity index (χ2n) is 6.81. The van der Waals surface area contributed by atoms with Crippen LogP contribution in [0.25, 0.3) is 0 Å². The minimum atomic E-state index is 0. The fraction of sp³-hybridized carbons (Fsp3) is 0.737. The number of hydrogen-bond donors (Lipinski definition) is 3. The van der Waals surface area contributed by atoms with Crippen molar-refractivity contribution in [3.63, 3.8) is 0 Å². The average Bonchev–Trinajstić information content (AvgIpc) is 3.12. The Labute approximate surface area is 184 Å². The molecule has 1 aliphatic rings. The van der Waals surface area contributed by atoms with Gasteiger partial charge in [-0.1, -0.05) is 26.2 Å². The molecule has 1 saturated carbocycles. The van der Waals surface area contributed by atoms with Crippen molar-refractivity contribution in [2.24, 2.45) is 10.9 Å². The molecule has 1 heterocycles. The molecule has 1 fully saturated rings. The van der Waals surface area contributed by atoms with Gasteiger partial charge in [-0.05, 0) is 25.2 Å². The number of aliphatic imine (C=N–C) groups is 1. The Bertz CT molecular complexity index is 572. The Hall–Kier alpha value is -0.900. The molecule has 0 unspecified atom stereocenters. The molecule has 3 N–H and O–H groups in total. The Morgan fingerprint density at radius 2 is 1.89 bits per heavy atom. The monoisotopic (exact) mass is 507 g/mol. The van der Waals surface area contributed by atoms with E-state index in [1.165, 1.54) is 37.0 Å². The second-order valence-corrected chi connectivity index (χ2v) is 8.01. The fourth-order valence-corrected chi connectivity index (χ4v) is 4.11. The second kappa shape index (κ2) is 14.1. The molecule has 2 rings (SSSR count). The lowest BCUT2D eigenvalue weighted by atomic mass is 9.87. The van der Waals surface area contributed by atoms with Gasteiger partial charge in [0.1, 0.15) is 0 Å². The van der Waals surface area contributed by atoms with E-state index in [1.807, 2.05) is 6.20 Å². The van der Waals surface area contributed by atoms with E-state index in [-0.39, 0.29) is 29.9 Å². The number of carbonyl (C=O) groups excluding carboxylic acids is 1. The number of thiazole rings is 1. The van der Waals surface area contributed by atoms with Crippen LogP contribution in [-0.2, 0) is 17.6 Å². The molecule has 0 saturated heterocycles. The lowest BCUT2D eigenvalue weighted by Gasteiger charge is -2.20. The van der Waals surface area contributed by atoms with Crippen molar-refractivity contribution in [2.45, 2.75) is 58.3 Å². The zero-order valence-electron chi connectivity index (χ0n) is 16.6. The van der Waals surface area contributed by atoms with E-state index in [2.05, 4.69) is 32.9 Å². The number of nitrogens with zero attached hydrogens (tertiary/aromatic N) is 2. The van der Waals surface area contributed by atoms with Gasteiger partial charge in [-0.2, -0.15) is 0 Å². The minimum Gasteiger partial charge on any atom is -0.356 e. The maximum Gasteiger partial charge on any atom is 0.220 e. The Kier molecular flexibility index (Phi) is 12.6. The molecular weight excluding hydrogens is 473 g/mol. The van der Waals surface area contributed by atoms with Gasteiger partial charge in [-0.15, -0.1) is 35.3 Å². The molecular formula is C19H34IN5OS. The maximum absolute atomic E-state index is 12.0. The van der Waals surface area contributed by atoms with Crippen molar-refractivity contribution in [3.8, 4) is 0 Å². The molecule has 1 aromatic rings. The van der Waals surface area contributed by atoms with Crippen LogP contribution in [0.3, 0.4) is 0 Å². The molecule has 0 aromatic carbocycles. The van der Waals surface area contributed by atoms with Gasteiger partial charge in [-0.25, -0.2) is 4.98 Å². The highest BCUT2D eigenvalue weighted by molar-refractivity contribution is 14.0. The van der Waals surface area contributed by atoms with Crippen LogP contribution in [0.1, 0.15) is 55.3 Å². The van der Waals surface area contributed by atoms with Crippen molar-refractivity contribution in [2.75, 3.05) is 26.7 Å². The van der Waals surface area contributed by atoms with Crippen LogP contribution in [0.2, 0.25) is 0 Å². The van der Waals surface area contributed by atoms with Crippen LogP contribution >= 0.6 is 35.3 Å². The quantitative estimate of drug-likeness (QED) is 0.208. The van der Waals surface area contributed by atoms with Gasteiger partial charge in [-0.3, -0.25) is 9.79 Å². The van der Waals surface area contributed by atoms with E-state index in [0.717, 1.165) is 30.4 Å². The summed E-state index contributed by atoms with van der Waals surface area (Å²) < 4.78 is 0. The summed E-state index contributed by atoms with van der Waals surface area (Å²) >= 11 is 1.77. The number of hydrogen-bond acceptors (Lipinski definition) is 4. The Balaban J connectivity index is 0.00000364. The molecule has 27 heavy (non-hydrogen) atoms. The third-order valence-corrected chi connectivity index (χ3v) is 5.94. The van der Waals surface area contributed by atoms with E-state index in [0.29, 0.717) is 25.4 Å². The van der Waals surface area contributed by atoms with E-state index >= 15 is 0 Å². The number of aromatic nitrogens is 1. The van der Waals surface area contributed by atoms with E-state index < -0.39 is 0 Å². The predicted octanol–water partition coefficient (Wildman–Crippen LogP) is 3.12. The lowest BCUT2D eigenvalue weighted by Crippen LogP contribution is -2.42. The molecule has 0 aliphatic heterocycles. The summed E-state index contributed by atoms with van der Waals surface area (Å²) in [5, 5.41) is 10.7. The van der Waals surface area contributed by atoms with E-state index in [4.69, 9.17) is 0 Å². The fourth-order valence-electron chi connectivity index (χ4n) is 3.24. The van der Waals surface area contributed by atoms with Crippen molar-refractivity contribution in [3.05, 3.63) is 16.1 Å². The van der Waals surface area contributed by atoms with E-state index in [1.54, 1.807) is 18.4 Å². The van der Waals surface area contributed by atoms with Gasteiger partial charge >= 0.3 is 0 Å². The molecule has 0 radical (unpaired) electrons. The SMILES string of the molecule is CCc1cnc(CCNC(=NC)NCCNC(=O)CC2CCCCC2)s1.I. The Morgan fingerprint density at radius 3 is 2.56 bits per heavy atom. The number of amides is 1. The van der Waals surface area contributed by atoms with Gasteiger partial charge in [0.2, 0.25) is 5.91 Å². The highest BCUT2D eigenvalue weighted by Gasteiger charge is 2.16. The van der Waals surface area contributed by atoms with Crippen LogP contribution in [-0.4, -0.2) is 43.5 Å².